The van der Waals surface area contributed by atoms with E-state index in [9.17, 15) is 9.90 Å². The third-order valence-corrected chi connectivity index (χ3v) is 3.32. The van der Waals surface area contributed by atoms with Crippen LogP contribution in [0.3, 0.4) is 0 Å². The smallest absolute Gasteiger partial charge is 0.305 e. The van der Waals surface area contributed by atoms with Crippen LogP contribution in [-0.2, 0) is 9.53 Å². The molecular formula is C14H27NO3. The van der Waals surface area contributed by atoms with Crippen LogP contribution in [0.4, 0.5) is 0 Å². The fourth-order valence-corrected chi connectivity index (χ4v) is 2.19. The van der Waals surface area contributed by atoms with Crippen molar-refractivity contribution in [2.75, 3.05) is 13.2 Å². The van der Waals surface area contributed by atoms with E-state index in [-0.39, 0.29) is 5.97 Å². The van der Waals surface area contributed by atoms with Gasteiger partial charge in [0.05, 0.1) is 6.61 Å². The van der Waals surface area contributed by atoms with Gasteiger partial charge in [-0.05, 0) is 25.7 Å². The zero-order chi connectivity index (χ0) is 13.1. The van der Waals surface area contributed by atoms with Crippen LogP contribution in [-0.4, -0.2) is 30.5 Å². The molecule has 1 fully saturated rings. The Morgan fingerprint density at radius 2 is 1.67 bits per heavy atom. The average Bonchev–Trinajstić information content (AvgIpc) is 2.35. The Hall–Kier alpha value is -0.610. The Balaban J connectivity index is 2.19. The van der Waals surface area contributed by atoms with Crippen LogP contribution >= 0.6 is 0 Å². The molecule has 0 aromatic rings. The number of carbonyl (C=O) groups excluding carboxylic acids is 1. The largest absolute Gasteiger partial charge is 0.466 e. The Morgan fingerprint density at radius 3 is 2.44 bits per heavy atom. The summed E-state index contributed by atoms with van der Waals surface area (Å²) in [5.41, 5.74) is 0. The number of rotatable bonds is 0. The molecule has 1 heterocycles. The molecule has 0 saturated carbocycles. The van der Waals surface area contributed by atoms with Gasteiger partial charge in [-0.1, -0.05) is 32.1 Å². The number of hydrogen-bond acceptors (Lipinski definition) is 4. The first-order valence-electron chi connectivity index (χ1n) is 7.36. The predicted octanol–water partition coefficient (Wildman–Crippen LogP) is 2.35. The zero-order valence-corrected chi connectivity index (χ0v) is 11.3. The molecule has 0 spiro atoms. The van der Waals surface area contributed by atoms with E-state index in [0.29, 0.717) is 19.6 Å². The van der Waals surface area contributed by atoms with Crippen molar-refractivity contribution >= 4 is 5.97 Å². The number of carbonyl (C=O) groups is 1. The maximum Gasteiger partial charge on any atom is 0.305 e. The number of cyclic esters (lactones) is 1. The van der Waals surface area contributed by atoms with Crippen molar-refractivity contribution in [2.45, 2.75) is 70.4 Å². The van der Waals surface area contributed by atoms with Gasteiger partial charge in [0.25, 0.3) is 0 Å². The van der Waals surface area contributed by atoms with Crippen LogP contribution in [0.25, 0.3) is 0 Å². The Morgan fingerprint density at radius 1 is 1.00 bits per heavy atom. The van der Waals surface area contributed by atoms with Crippen LogP contribution in [0, 0.1) is 0 Å². The molecule has 18 heavy (non-hydrogen) atoms. The van der Waals surface area contributed by atoms with Crippen molar-refractivity contribution in [1.82, 2.24) is 5.32 Å². The second-order valence-corrected chi connectivity index (χ2v) is 5.06. The Bertz CT molecular complexity index is 221. The van der Waals surface area contributed by atoms with Gasteiger partial charge < -0.3 is 9.84 Å². The molecule has 1 aliphatic heterocycles. The Labute approximate surface area is 110 Å². The summed E-state index contributed by atoms with van der Waals surface area (Å²) >= 11 is 0. The third-order valence-electron chi connectivity index (χ3n) is 3.32. The number of ether oxygens (including phenoxy) is 1. The molecule has 4 nitrogen and oxygen atoms in total. The highest BCUT2D eigenvalue weighted by molar-refractivity contribution is 5.69. The maximum atomic E-state index is 11.3. The lowest BCUT2D eigenvalue weighted by Crippen LogP contribution is -2.30. The monoisotopic (exact) mass is 257 g/mol. The van der Waals surface area contributed by atoms with Gasteiger partial charge in [-0.2, -0.15) is 0 Å². The van der Waals surface area contributed by atoms with Crippen LogP contribution in [0.5, 0.6) is 0 Å². The standard InChI is InChI=1S/C14H27NO3/c16-13-9-6-4-2-1-3-5-7-10-14(17)18-12-8-11-15-13/h13,15-16H,1-12H2/t13-/m1/s1. The lowest BCUT2D eigenvalue weighted by Gasteiger charge is -2.13. The molecule has 0 aromatic carbocycles. The van der Waals surface area contributed by atoms with E-state index in [1.807, 2.05) is 0 Å². The van der Waals surface area contributed by atoms with Crippen molar-refractivity contribution in [3.05, 3.63) is 0 Å². The minimum atomic E-state index is -0.409. The molecule has 0 unspecified atom stereocenters. The third kappa shape index (κ3) is 8.48. The van der Waals surface area contributed by atoms with E-state index in [2.05, 4.69) is 5.32 Å². The molecule has 2 N–H and O–H groups in total. The zero-order valence-electron chi connectivity index (χ0n) is 11.3. The van der Waals surface area contributed by atoms with Crippen LogP contribution < -0.4 is 5.32 Å². The van der Waals surface area contributed by atoms with E-state index in [4.69, 9.17) is 4.74 Å². The highest BCUT2D eigenvalue weighted by Crippen LogP contribution is 2.11. The molecule has 1 atom stereocenters. The first-order valence-corrected chi connectivity index (χ1v) is 7.36. The van der Waals surface area contributed by atoms with Gasteiger partial charge in [-0.25, -0.2) is 0 Å². The Kier molecular flexibility index (Phi) is 8.86. The summed E-state index contributed by atoms with van der Waals surface area (Å²) in [6, 6.07) is 0. The second-order valence-electron chi connectivity index (χ2n) is 5.06. The summed E-state index contributed by atoms with van der Waals surface area (Å²) in [6.07, 6.45) is 9.76. The highest BCUT2D eigenvalue weighted by Gasteiger charge is 2.05. The van der Waals surface area contributed by atoms with E-state index < -0.39 is 6.23 Å². The van der Waals surface area contributed by atoms with Gasteiger partial charge in [0, 0.05) is 13.0 Å². The molecule has 0 aliphatic carbocycles. The molecular weight excluding hydrogens is 230 g/mol. The minimum Gasteiger partial charge on any atom is -0.466 e. The van der Waals surface area contributed by atoms with Gasteiger partial charge in [-0.15, -0.1) is 0 Å². The minimum absolute atomic E-state index is 0.0809. The number of aliphatic hydroxyl groups excluding tert-OH is 1. The number of aliphatic hydroxyl groups is 1. The van der Waals surface area contributed by atoms with Gasteiger partial charge in [0.2, 0.25) is 0 Å². The van der Waals surface area contributed by atoms with Crippen LogP contribution in [0.2, 0.25) is 0 Å². The van der Waals surface area contributed by atoms with E-state index in [0.717, 1.165) is 32.1 Å². The van der Waals surface area contributed by atoms with Crippen molar-refractivity contribution in [3.63, 3.8) is 0 Å². The van der Waals surface area contributed by atoms with Gasteiger partial charge in [-0.3, -0.25) is 10.1 Å². The molecule has 0 radical (unpaired) electrons. The first-order chi connectivity index (χ1) is 8.79. The summed E-state index contributed by atoms with van der Waals surface area (Å²) in [4.78, 5) is 11.3. The van der Waals surface area contributed by atoms with Crippen molar-refractivity contribution < 1.29 is 14.6 Å². The molecule has 1 saturated heterocycles. The molecule has 106 valence electrons. The summed E-state index contributed by atoms with van der Waals surface area (Å²) in [6.45, 7) is 1.16. The van der Waals surface area contributed by atoms with E-state index in [1.54, 1.807) is 0 Å². The quantitative estimate of drug-likeness (QED) is 0.654. The summed E-state index contributed by atoms with van der Waals surface area (Å²) < 4.78 is 5.12. The fraction of sp³-hybridized carbons (Fsp3) is 0.929. The molecule has 4 heteroatoms. The predicted molar refractivity (Wildman–Crippen MR) is 71.1 cm³/mol. The van der Waals surface area contributed by atoms with Crippen molar-refractivity contribution in [2.24, 2.45) is 0 Å². The SMILES string of the molecule is O=C1CCCCCCCCC[C@@H](O)NCCCO1. The van der Waals surface area contributed by atoms with Gasteiger partial charge >= 0.3 is 5.97 Å². The van der Waals surface area contributed by atoms with E-state index >= 15 is 0 Å². The molecule has 0 aromatic heterocycles. The number of hydrogen-bond donors (Lipinski definition) is 2. The number of esters is 1. The summed E-state index contributed by atoms with van der Waals surface area (Å²) in [7, 11) is 0. The summed E-state index contributed by atoms with van der Waals surface area (Å²) in [5, 5.41) is 12.7. The van der Waals surface area contributed by atoms with Crippen LogP contribution in [0.1, 0.15) is 64.2 Å². The molecule has 0 bridgehead atoms. The van der Waals surface area contributed by atoms with E-state index in [1.165, 1.54) is 25.7 Å². The first kappa shape index (κ1) is 15.4. The van der Waals surface area contributed by atoms with Crippen molar-refractivity contribution in [1.29, 1.82) is 0 Å². The normalized spacial score (nSPS) is 26.5. The molecule has 1 aliphatic rings. The maximum absolute atomic E-state index is 11.3. The van der Waals surface area contributed by atoms with Crippen LogP contribution in [0.15, 0.2) is 0 Å². The molecule has 1 rings (SSSR count). The van der Waals surface area contributed by atoms with Gasteiger partial charge in [0.1, 0.15) is 6.23 Å². The fourth-order valence-electron chi connectivity index (χ4n) is 2.19. The van der Waals surface area contributed by atoms with Crippen molar-refractivity contribution in [3.8, 4) is 0 Å². The topological polar surface area (TPSA) is 58.6 Å². The lowest BCUT2D eigenvalue weighted by molar-refractivity contribution is -0.143. The average molecular weight is 257 g/mol. The summed E-state index contributed by atoms with van der Waals surface area (Å²) in [5.74, 6) is -0.0809. The number of nitrogens with one attached hydrogen (secondary N) is 1. The molecule has 0 amide bonds. The van der Waals surface area contributed by atoms with Gasteiger partial charge in [0.15, 0.2) is 0 Å². The second kappa shape index (κ2) is 10.3. The lowest BCUT2D eigenvalue weighted by atomic mass is 10.1. The highest BCUT2D eigenvalue weighted by atomic mass is 16.5.